The van der Waals surface area contributed by atoms with Crippen LogP contribution in [0.4, 0.5) is 5.69 Å². The first-order valence-electron chi connectivity index (χ1n) is 15.4. The molecule has 4 rings (SSSR count). The van der Waals surface area contributed by atoms with Crippen molar-refractivity contribution < 1.29 is 18.0 Å². The van der Waals surface area contributed by atoms with Gasteiger partial charge in [-0.1, -0.05) is 101 Å². The first-order valence-corrected chi connectivity index (χ1v) is 17.7. The number of halogens is 1. The third kappa shape index (κ3) is 8.85. The Labute approximate surface area is 281 Å². The molecule has 0 bridgehead atoms. The Morgan fingerprint density at radius 2 is 1.46 bits per heavy atom. The van der Waals surface area contributed by atoms with Gasteiger partial charge in [-0.2, -0.15) is 0 Å². The van der Waals surface area contributed by atoms with E-state index in [-0.39, 0.29) is 29.8 Å². The van der Waals surface area contributed by atoms with E-state index >= 15 is 0 Å². The van der Waals surface area contributed by atoms with Gasteiger partial charge in [0.2, 0.25) is 11.8 Å². The maximum absolute atomic E-state index is 14.6. The van der Waals surface area contributed by atoms with E-state index in [2.05, 4.69) is 21.2 Å². The first kappa shape index (κ1) is 34.9. The summed E-state index contributed by atoms with van der Waals surface area (Å²) in [5, 5.41) is 3.07. The van der Waals surface area contributed by atoms with Crippen LogP contribution in [0.5, 0.6) is 0 Å². The second-order valence-corrected chi connectivity index (χ2v) is 14.6. The lowest BCUT2D eigenvalue weighted by Gasteiger charge is -2.34. The minimum Gasteiger partial charge on any atom is -0.352 e. The molecule has 242 valence electrons. The Kier molecular flexibility index (Phi) is 11.8. The number of benzene rings is 4. The van der Waals surface area contributed by atoms with E-state index < -0.39 is 28.5 Å². The summed E-state index contributed by atoms with van der Waals surface area (Å²) in [6.07, 6.45) is 0.985. The van der Waals surface area contributed by atoms with Crippen LogP contribution in [0.3, 0.4) is 0 Å². The van der Waals surface area contributed by atoms with Crippen LogP contribution in [0.15, 0.2) is 106 Å². The number of hydrogen-bond acceptors (Lipinski definition) is 4. The van der Waals surface area contributed by atoms with Crippen LogP contribution >= 0.6 is 15.9 Å². The average Bonchev–Trinajstić information content (AvgIpc) is 3.03. The van der Waals surface area contributed by atoms with E-state index in [1.165, 1.54) is 9.21 Å². The molecule has 0 aliphatic rings. The molecule has 4 aromatic carbocycles. The van der Waals surface area contributed by atoms with Gasteiger partial charge in [0.25, 0.3) is 10.0 Å². The number of carbonyl (C=O) groups excluding carboxylic acids is 2. The Balaban J connectivity index is 1.83. The van der Waals surface area contributed by atoms with Crippen molar-refractivity contribution in [1.29, 1.82) is 0 Å². The number of nitrogens with one attached hydrogen (secondary N) is 1. The normalized spacial score (nSPS) is 12.7. The van der Waals surface area contributed by atoms with Crippen molar-refractivity contribution in [2.24, 2.45) is 0 Å². The highest BCUT2D eigenvalue weighted by Gasteiger charge is 2.35. The molecular formula is C37H42BrN3O4S. The number of anilines is 1. The Hall–Kier alpha value is -3.95. The van der Waals surface area contributed by atoms with Gasteiger partial charge in [-0.3, -0.25) is 13.9 Å². The summed E-state index contributed by atoms with van der Waals surface area (Å²) in [6, 6.07) is 28.2. The number of sulfonamides is 1. The van der Waals surface area contributed by atoms with Crippen molar-refractivity contribution >= 4 is 43.5 Å². The number of rotatable bonds is 13. The molecule has 46 heavy (non-hydrogen) atoms. The van der Waals surface area contributed by atoms with E-state index in [9.17, 15) is 18.0 Å². The van der Waals surface area contributed by atoms with Crippen LogP contribution in [0.1, 0.15) is 48.1 Å². The van der Waals surface area contributed by atoms with E-state index in [1.807, 2.05) is 101 Å². The fraction of sp³-hybridized carbons (Fsp3) is 0.297. The van der Waals surface area contributed by atoms with Crippen LogP contribution in [-0.2, 0) is 32.6 Å². The summed E-state index contributed by atoms with van der Waals surface area (Å²) in [5.74, 6) is -0.776. The molecule has 0 saturated heterocycles. The minimum absolute atomic E-state index is 0.0840. The molecule has 2 atom stereocenters. The molecule has 0 saturated carbocycles. The van der Waals surface area contributed by atoms with Gasteiger partial charge in [-0.15, -0.1) is 0 Å². The highest BCUT2D eigenvalue weighted by atomic mass is 79.9. The molecule has 1 N–H and O–H groups in total. The standard InChI is InChI=1S/C37H42BrN3O4S/c1-6-29(5)39-37(43)35(23-30-10-8-7-9-11-30)40(24-31-15-17-32(38)18-16-31)36(42)25-41(34-21-14-27(3)22-28(34)4)46(44,45)33-19-12-26(2)13-20-33/h7-22,29,35H,6,23-25H2,1-5H3,(H,39,43). The molecule has 0 aliphatic carbocycles. The Morgan fingerprint density at radius 1 is 0.826 bits per heavy atom. The van der Waals surface area contributed by atoms with Gasteiger partial charge in [0, 0.05) is 23.5 Å². The van der Waals surface area contributed by atoms with Crippen molar-refractivity contribution in [3.05, 3.63) is 129 Å². The van der Waals surface area contributed by atoms with Crippen molar-refractivity contribution in [3.8, 4) is 0 Å². The quantitative estimate of drug-likeness (QED) is 0.161. The smallest absolute Gasteiger partial charge is 0.264 e. The maximum Gasteiger partial charge on any atom is 0.264 e. The molecule has 0 aliphatic heterocycles. The van der Waals surface area contributed by atoms with Gasteiger partial charge in [-0.05, 0) is 81.1 Å². The van der Waals surface area contributed by atoms with E-state index in [1.54, 1.807) is 30.3 Å². The molecule has 2 amide bonds. The summed E-state index contributed by atoms with van der Waals surface area (Å²) < 4.78 is 30.6. The maximum atomic E-state index is 14.6. The van der Waals surface area contributed by atoms with Gasteiger partial charge in [0.05, 0.1) is 10.6 Å². The molecule has 2 unspecified atom stereocenters. The summed E-state index contributed by atoms with van der Waals surface area (Å²) in [6.45, 7) is 9.20. The zero-order valence-corrected chi connectivity index (χ0v) is 29.4. The molecule has 0 spiro atoms. The van der Waals surface area contributed by atoms with Gasteiger partial charge in [-0.25, -0.2) is 8.42 Å². The fourth-order valence-electron chi connectivity index (χ4n) is 5.22. The summed E-state index contributed by atoms with van der Waals surface area (Å²) in [7, 11) is -4.16. The molecular weight excluding hydrogens is 662 g/mol. The largest absolute Gasteiger partial charge is 0.352 e. The SMILES string of the molecule is CCC(C)NC(=O)C(Cc1ccccc1)N(Cc1ccc(Br)cc1)C(=O)CN(c1ccc(C)cc1C)S(=O)(=O)c1ccc(C)cc1. The highest BCUT2D eigenvalue weighted by Crippen LogP contribution is 2.29. The number of aryl methyl sites for hydroxylation is 3. The van der Waals surface area contributed by atoms with E-state index in [0.717, 1.165) is 38.7 Å². The fourth-order valence-corrected chi connectivity index (χ4v) is 6.96. The monoisotopic (exact) mass is 703 g/mol. The molecule has 7 nitrogen and oxygen atoms in total. The molecule has 0 fully saturated rings. The van der Waals surface area contributed by atoms with Crippen molar-refractivity contribution in [2.75, 3.05) is 10.8 Å². The number of nitrogens with zero attached hydrogens (tertiary/aromatic N) is 2. The molecule has 0 heterocycles. The van der Waals surface area contributed by atoms with Gasteiger partial charge in [0.1, 0.15) is 12.6 Å². The Morgan fingerprint density at radius 3 is 2.07 bits per heavy atom. The van der Waals surface area contributed by atoms with Gasteiger partial charge < -0.3 is 10.2 Å². The van der Waals surface area contributed by atoms with Crippen molar-refractivity contribution in [2.45, 2.75) is 71.0 Å². The van der Waals surface area contributed by atoms with Crippen molar-refractivity contribution in [3.63, 3.8) is 0 Å². The average molecular weight is 705 g/mol. The van der Waals surface area contributed by atoms with Gasteiger partial charge in [0.15, 0.2) is 0 Å². The van der Waals surface area contributed by atoms with Crippen LogP contribution in [0, 0.1) is 20.8 Å². The van der Waals surface area contributed by atoms with Crippen LogP contribution in [0.2, 0.25) is 0 Å². The zero-order chi connectivity index (χ0) is 33.4. The second kappa shape index (κ2) is 15.6. The lowest BCUT2D eigenvalue weighted by Crippen LogP contribution is -2.54. The predicted molar refractivity (Wildman–Crippen MR) is 188 cm³/mol. The number of hydrogen-bond donors (Lipinski definition) is 1. The Bertz CT molecular complexity index is 1740. The molecule has 4 aromatic rings. The highest BCUT2D eigenvalue weighted by molar-refractivity contribution is 9.10. The molecule has 0 aromatic heterocycles. The predicted octanol–water partition coefficient (Wildman–Crippen LogP) is 7.12. The van der Waals surface area contributed by atoms with E-state index in [4.69, 9.17) is 0 Å². The summed E-state index contributed by atoms with van der Waals surface area (Å²) >= 11 is 3.47. The third-order valence-corrected chi connectivity index (χ3v) is 10.3. The molecule has 9 heteroatoms. The van der Waals surface area contributed by atoms with Crippen LogP contribution in [0.25, 0.3) is 0 Å². The topological polar surface area (TPSA) is 86.8 Å². The summed E-state index contributed by atoms with van der Waals surface area (Å²) in [4.78, 5) is 30.2. The third-order valence-electron chi connectivity index (χ3n) is 8.05. The number of carbonyl (C=O) groups is 2. The number of amides is 2. The minimum atomic E-state index is -4.16. The zero-order valence-electron chi connectivity index (χ0n) is 27.0. The van der Waals surface area contributed by atoms with Crippen molar-refractivity contribution in [1.82, 2.24) is 10.2 Å². The van der Waals surface area contributed by atoms with Crippen LogP contribution < -0.4 is 9.62 Å². The summed E-state index contributed by atoms with van der Waals surface area (Å²) in [5.41, 5.74) is 4.72. The van der Waals surface area contributed by atoms with Crippen LogP contribution in [-0.4, -0.2) is 43.8 Å². The van der Waals surface area contributed by atoms with E-state index in [0.29, 0.717) is 5.69 Å². The lowest BCUT2D eigenvalue weighted by molar-refractivity contribution is -0.140. The molecule has 0 radical (unpaired) electrons. The second-order valence-electron chi connectivity index (χ2n) is 11.8. The van der Waals surface area contributed by atoms with Gasteiger partial charge >= 0.3 is 0 Å². The first-order chi connectivity index (χ1) is 21.9. The lowest BCUT2D eigenvalue weighted by atomic mass is 10.0.